The maximum Gasteiger partial charge on any atom is 0.242 e. The molecule has 0 saturated carbocycles. The predicted molar refractivity (Wildman–Crippen MR) is 83.4 cm³/mol. The summed E-state index contributed by atoms with van der Waals surface area (Å²) in [4.78, 5) is 0.0605. The van der Waals surface area contributed by atoms with Gasteiger partial charge in [-0.2, -0.15) is 0 Å². The predicted octanol–water partition coefficient (Wildman–Crippen LogP) is 2.17. The van der Waals surface area contributed by atoms with Crippen LogP contribution in [0.1, 0.15) is 18.4 Å². The topological polar surface area (TPSA) is 67.4 Å². The first-order valence-electron chi connectivity index (χ1n) is 6.67. The molecule has 5 nitrogen and oxygen atoms in total. The second-order valence-electron chi connectivity index (χ2n) is 4.88. The van der Waals surface area contributed by atoms with Gasteiger partial charge in [-0.25, -0.2) is 13.1 Å². The van der Waals surface area contributed by atoms with E-state index in [1.54, 1.807) is 13.1 Å². The molecule has 1 fully saturated rings. The Kier molecular flexibility index (Phi) is 5.88. The molecule has 1 aliphatic rings. The molecule has 118 valence electrons. The van der Waals surface area contributed by atoms with Gasteiger partial charge in [0, 0.05) is 36.4 Å². The van der Waals surface area contributed by atoms with Gasteiger partial charge in [0.05, 0.1) is 5.02 Å². The fraction of sp³-hybridized carbons (Fsp3) is 0.538. The van der Waals surface area contributed by atoms with Crippen molar-refractivity contribution >= 4 is 33.2 Å². The van der Waals surface area contributed by atoms with Gasteiger partial charge in [-0.05, 0) is 32.0 Å². The van der Waals surface area contributed by atoms with Crippen molar-refractivity contribution < 1.29 is 13.2 Å². The van der Waals surface area contributed by atoms with Gasteiger partial charge in [-0.1, -0.05) is 23.2 Å². The summed E-state index contributed by atoms with van der Waals surface area (Å²) in [7, 11) is -1.93. The first-order valence-corrected chi connectivity index (χ1v) is 8.91. The zero-order valence-corrected chi connectivity index (χ0v) is 14.0. The molecule has 1 aromatic rings. The summed E-state index contributed by atoms with van der Waals surface area (Å²) in [5, 5.41) is 3.53. The highest BCUT2D eigenvalue weighted by Crippen LogP contribution is 2.31. The molecule has 2 N–H and O–H groups in total. The van der Waals surface area contributed by atoms with E-state index in [9.17, 15) is 8.42 Å². The quantitative estimate of drug-likeness (QED) is 0.852. The van der Waals surface area contributed by atoms with E-state index in [-0.39, 0.29) is 16.0 Å². The monoisotopic (exact) mass is 352 g/mol. The second kappa shape index (κ2) is 7.26. The van der Waals surface area contributed by atoms with Crippen molar-refractivity contribution in [3.05, 3.63) is 27.7 Å². The molecule has 0 unspecified atom stereocenters. The molecule has 0 aromatic heterocycles. The number of benzene rings is 1. The van der Waals surface area contributed by atoms with Crippen LogP contribution in [-0.2, 0) is 21.3 Å². The number of nitrogens with one attached hydrogen (secondary N) is 2. The van der Waals surface area contributed by atoms with E-state index in [0.29, 0.717) is 43.2 Å². The van der Waals surface area contributed by atoms with Crippen molar-refractivity contribution in [2.45, 2.75) is 30.3 Å². The van der Waals surface area contributed by atoms with Gasteiger partial charge < -0.3 is 10.1 Å². The van der Waals surface area contributed by atoms with Crippen LogP contribution in [0.3, 0.4) is 0 Å². The van der Waals surface area contributed by atoms with E-state index in [4.69, 9.17) is 27.9 Å². The molecule has 1 heterocycles. The fourth-order valence-electron chi connectivity index (χ4n) is 2.22. The van der Waals surface area contributed by atoms with Gasteiger partial charge >= 0.3 is 0 Å². The van der Waals surface area contributed by atoms with Crippen molar-refractivity contribution in [2.24, 2.45) is 0 Å². The van der Waals surface area contributed by atoms with Gasteiger partial charge in [0.2, 0.25) is 10.0 Å². The third kappa shape index (κ3) is 4.09. The zero-order chi connectivity index (χ0) is 15.5. The molecule has 0 amide bonds. The van der Waals surface area contributed by atoms with E-state index >= 15 is 0 Å². The number of sulfonamides is 1. The lowest BCUT2D eigenvalue weighted by atomic mass is 10.1. The molecule has 1 saturated heterocycles. The van der Waals surface area contributed by atoms with Crippen LogP contribution >= 0.6 is 23.2 Å². The van der Waals surface area contributed by atoms with Crippen molar-refractivity contribution in [1.29, 1.82) is 0 Å². The number of ether oxygens (including phenoxy) is 1. The van der Waals surface area contributed by atoms with Crippen molar-refractivity contribution in [2.75, 3.05) is 20.3 Å². The van der Waals surface area contributed by atoms with E-state index < -0.39 is 10.0 Å². The summed E-state index contributed by atoms with van der Waals surface area (Å²) in [6.45, 7) is 1.53. The number of hydrogen-bond donors (Lipinski definition) is 2. The minimum absolute atomic E-state index is 0.0605. The lowest BCUT2D eigenvalue weighted by Crippen LogP contribution is -2.39. The van der Waals surface area contributed by atoms with E-state index in [2.05, 4.69) is 10.0 Å². The number of hydrogen-bond acceptors (Lipinski definition) is 4. The summed E-state index contributed by atoms with van der Waals surface area (Å²) in [6, 6.07) is 2.87. The van der Waals surface area contributed by atoms with Gasteiger partial charge in [0.15, 0.2) is 0 Å². The highest BCUT2D eigenvalue weighted by atomic mass is 35.5. The number of rotatable bonds is 5. The summed E-state index contributed by atoms with van der Waals surface area (Å²) in [6.07, 6.45) is 1.32. The third-order valence-corrected chi connectivity index (χ3v) is 5.80. The van der Waals surface area contributed by atoms with Crippen LogP contribution in [0, 0.1) is 0 Å². The first kappa shape index (κ1) is 17.0. The summed E-state index contributed by atoms with van der Waals surface area (Å²) in [5.74, 6) is 0. The van der Waals surface area contributed by atoms with Gasteiger partial charge in [0.25, 0.3) is 0 Å². The van der Waals surface area contributed by atoms with Crippen LogP contribution in [0.2, 0.25) is 10.0 Å². The highest BCUT2D eigenvalue weighted by molar-refractivity contribution is 7.89. The van der Waals surface area contributed by atoms with Crippen LogP contribution in [0.15, 0.2) is 17.0 Å². The summed E-state index contributed by atoms with van der Waals surface area (Å²) in [5.41, 5.74) is 0.579. The SMILES string of the molecule is CNCc1c(Cl)ccc(S(=O)(=O)NC2CCOCC2)c1Cl. The van der Waals surface area contributed by atoms with Gasteiger partial charge in [-0.3, -0.25) is 0 Å². The summed E-state index contributed by atoms with van der Waals surface area (Å²) < 4.78 is 32.9. The Balaban J connectivity index is 2.29. The normalized spacial score (nSPS) is 17.1. The van der Waals surface area contributed by atoms with Crippen LogP contribution < -0.4 is 10.0 Å². The lowest BCUT2D eigenvalue weighted by molar-refractivity contribution is 0.0832. The van der Waals surface area contributed by atoms with Crippen molar-refractivity contribution in [3.63, 3.8) is 0 Å². The second-order valence-corrected chi connectivity index (χ2v) is 7.34. The minimum Gasteiger partial charge on any atom is -0.381 e. The lowest BCUT2D eigenvalue weighted by Gasteiger charge is -2.23. The first-order chi connectivity index (χ1) is 9.95. The molecule has 0 spiro atoms. The molecule has 0 bridgehead atoms. The Bertz CT molecular complexity index is 602. The Morgan fingerprint density at radius 1 is 1.29 bits per heavy atom. The van der Waals surface area contributed by atoms with Gasteiger partial charge in [0.1, 0.15) is 4.90 Å². The number of halogens is 2. The third-order valence-electron chi connectivity index (χ3n) is 3.34. The molecular weight excluding hydrogens is 335 g/mol. The molecule has 0 radical (unpaired) electrons. The molecule has 0 atom stereocenters. The standard InChI is InChI=1S/C13H18Cl2N2O3S/c1-16-8-10-11(14)2-3-12(13(10)15)21(18,19)17-9-4-6-20-7-5-9/h2-3,9,16-17H,4-8H2,1H3. The maximum atomic E-state index is 12.5. The van der Waals surface area contributed by atoms with Crippen LogP contribution in [0.5, 0.6) is 0 Å². The molecule has 1 aromatic carbocycles. The maximum absolute atomic E-state index is 12.5. The largest absolute Gasteiger partial charge is 0.381 e. The minimum atomic E-state index is -3.67. The average molecular weight is 353 g/mol. The van der Waals surface area contributed by atoms with Crippen molar-refractivity contribution in [1.82, 2.24) is 10.0 Å². The van der Waals surface area contributed by atoms with E-state index in [0.717, 1.165) is 0 Å². The van der Waals surface area contributed by atoms with Crippen LogP contribution in [0.4, 0.5) is 0 Å². The van der Waals surface area contributed by atoms with E-state index in [1.165, 1.54) is 6.07 Å². The smallest absolute Gasteiger partial charge is 0.242 e. The fourth-order valence-corrected chi connectivity index (χ4v) is 4.44. The summed E-state index contributed by atoms with van der Waals surface area (Å²) >= 11 is 12.3. The van der Waals surface area contributed by atoms with Gasteiger partial charge in [-0.15, -0.1) is 0 Å². The van der Waals surface area contributed by atoms with Crippen LogP contribution in [-0.4, -0.2) is 34.7 Å². The Morgan fingerprint density at radius 3 is 2.57 bits per heavy atom. The molecule has 0 aliphatic carbocycles. The highest BCUT2D eigenvalue weighted by Gasteiger charge is 2.25. The average Bonchev–Trinajstić information content (AvgIpc) is 2.43. The molecule has 2 rings (SSSR count). The molecule has 21 heavy (non-hydrogen) atoms. The molecular formula is C13H18Cl2N2O3S. The van der Waals surface area contributed by atoms with Crippen LogP contribution in [0.25, 0.3) is 0 Å². The zero-order valence-electron chi connectivity index (χ0n) is 11.7. The molecule has 1 aliphatic heterocycles. The van der Waals surface area contributed by atoms with E-state index in [1.807, 2.05) is 0 Å². The Morgan fingerprint density at radius 2 is 1.95 bits per heavy atom. The Labute approximate surface area is 135 Å². The Hall–Kier alpha value is -0.370. The van der Waals surface area contributed by atoms with Crippen molar-refractivity contribution in [3.8, 4) is 0 Å². The molecule has 8 heteroatoms.